The number of rotatable bonds is 3. The van der Waals surface area contributed by atoms with Crippen molar-refractivity contribution in [1.29, 1.82) is 0 Å². The topological polar surface area (TPSA) is 75.3 Å². The minimum absolute atomic E-state index is 0. The summed E-state index contributed by atoms with van der Waals surface area (Å²) in [4.78, 5) is 11.3. The molecule has 0 fully saturated rings. The summed E-state index contributed by atoms with van der Waals surface area (Å²) in [5, 5.41) is 12.1. The Balaban J connectivity index is 0.00000225. The van der Waals surface area contributed by atoms with Gasteiger partial charge in [0.05, 0.1) is 11.7 Å². The molecule has 16 heavy (non-hydrogen) atoms. The summed E-state index contributed by atoms with van der Waals surface area (Å²) in [5.41, 5.74) is 6.87. The number of carbonyl (C=O) groups is 1. The molecule has 0 aromatic heterocycles. The molecule has 90 valence electrons. The standard InChI is InChI=1S/C11H16N2O2.ClH/c1-3-8-4-5-10(14)9(6-8)13-11(15)7(2)12;/h4-7,14H,3,12H2,1-2H3,(H,13,15);1H. The summed E-state index contributed by atoms with van der Waals surface area (Å²) in [6.45, 7) is 3.60. The second kappa shape index (κ2) is 6.35. The molecule has 1 rings (SSSR count). The van der Waals surface area contributed by atoms with Crippen molar-refractivity contribution in [2.75, 3.05) is 5.32 Å². The molecule has 0 heterocycles. The van der Waals surface area contributed by atoms with E-state index in [-0.39, 0.29) is 24.1 Å². The average molecular weight is 245 g/mol. The number of aromatic hydroxyl groups is 1. The van der Waals surface area contributed by atoms with Crippen LogP contribution in [0.2, 0.25) is 0 Å². The number of benzene rings is 1. The van der Waals surface area contributed by atoms with Crippen LogP contribution in [0.15, 0.2) is 18.2 Å². The molecular weight excluding hydrogens is 228 g/mol. The van der Waals surface area contributed by atoms with E-state index in [2.05, 4.69) is 5.32 Å². The first-order chi connectivity index (χ1) is 7.04. The van der Waals surface area contributed by atoms with Gasteiger partial charge in [-0.25, -0.2) is 0 Å². The van der Waals surface area contributed by atoms with Crippen LogP contribution in [0.25, 0.3) is 0 Å². The van der Waals surface area contributed by atoms with Crippen molar-refractivity contribution in [2.45, 2.75) is 26.3 Å². The van der Waals surface area contributed by atoms with Gasteiger partial charge < -0.3 is 16.2 Å². The highest BCUT2D eigenvalue weighted by molar-refractivity contribution is 5.95. The third-order valence-corrected chi connectivity index (χ3v) is 2.14. The molecule has 0 aliphatic heterocycles. The van der Waals surface area contributed by atoms with Crippen LogP contribution in [0.3, 0.4) is 0 Å². The highest BCUT2D eigenvalue weighted by Gasteiger charge is 2.10. The number of phenolic OH excluding ortho intramolecular Hbond substituents is 1. The van der Waals surface area contributed by atoms with Gasteiger partial charge in [0, 0.05) is 0 Å². The Morgan fingerprint density at radius 1 is 1.56 bits per heavy atom. The van der Waals surface area contributed by atoms with Gasteiger partial charge in [0.25, 0.3) is 0 Å². The molecule has 1 aromatic rings. The van der Waals surface area contributed by atoms with Gasteiger partial charge in [-0.05, 0) is 31.0 Å². The fraction of sp³-hybridized carbons (Fsp3) is 0.364. The second-order valence-corrected chi connectivity index (χ2v) is 3.48. The van der Waals surface area contributed by atoms with Crippen LogP contribution in [0.1, 0.15) is 19.4 Å². The Morgan fingerprint density at radius 2 is 2.19 bits per heavy atom. The Morgan fingerprint density at radius 3 is 2.69 bits per heavy atom. The molecule has 0 bridgehead atoms. The zero-order valence-electron chi connectivity index (χ0n) is 9.36. The molecule has 0 spiro atoms. The minimum atomic E-state index is -0.588. The summed E-state index contributed by atoms with van der Waals surface area (Å²) >= 11 is 0. The maximum atomic E-state index is 11.3. The van der Waals surface area contributed by atoms with Crippen LogP contribution in [-0.2, 0) is 11.2 Å². The van der Waals surface area contributed by atoms with E-state index in [1.807, 2.05) is 13.0 Å². The largest absolute Gasteiger partial charge is 0.506 e. The highest BCUT2D eigenvalue weighted by Crippen LogP contribution is 2.24. The Hall–Kier alpha value is -1.26. The van der Waals surface area contributed by atoms with Crippen LogP contribution in [0.5, 0.6) is 5.75 Å². The van der Waals surface area contributed by atoms with Crippen LogP contribution in [0, 0.1) is 0 Å². The quantitative estimate of drug-likeness (QED) is 0.708. The summed E-state index contributed by atoms with van der Waals surface area (Å²) in [5.74, 6) is -0.250. The van der Waals surface area contributed by atoms with Gasteiger partial charge in [-0.1, -0.05) is 13.0 Å². The van der Waals surface area contributed by atoms with Gasteiger partial charge >= 0.3 is 0 Å². The molecule has 0 radical (unpaired) electrons. The van der Waals surface area contributed by atoms with Crippen molar-refractivity contribution in [3.63, 3.8) is 0 Å². The van der Waals surface area contributed by atoms with Gasteiger partial charge in [0.1, 0.15) is 5.75 Å². The van der Waals surface area contributed by atoms with Crippen LogP contribution >= 0.6 is 12.4 Å². The highest BCUT2D eigenvalue weighted by atomic mass is 35.5. The van der Waals surface area contributed by atoms with E-state index in [0.717, 1.165) is 12.0 Å². The molecule has 0 saturated carbocycles. The second-order valence-electron chi connectivity index (χ2n) is 3.48. The first kappa shape index (κ1) is 14.7. The lowest BCUT2D eigenvalue weighted by atomic mass is 10.1. The number of phenols is 1. The molecule has 0 saturated heterocycles. The molecule has 1 amide bonds. The SMILES string of the molecule is CCc1ccc(O)c(NC(=O)C(C)N)c1.Cl. The monoisotopic (exact) mass is 244 g/mol. The van der Waals surface area contributed by atoms with Crippen molar-refractivity contribution in [1.82, 2.24) is 0 Å². The van der Waals surface area contributed by atoms with Crippen LogP contribution < -0.4 is 11.1 Å². The maximum absolute atomic E-state index is 11.3. The van der Waals surface area contributed by atoms with Gasteiger partial charge in [-0.2, -0.15) is 0 Å². The van der Waals surface area contributed by atoms with Crippen molar-refractivity contribution >= 4 is 24.0 Å². The van der Waals surface area contributed by atoms with Crippen molar-refractivity contribution in [3.05, 3.63) is 23.8 Å². The molecule has 1 unspecified atom stereocenters. The van der Waals surface area contributed by atoms with E-state index in [4.69, 9.17) is 5.73 Å². The molecule has 0 aliphatic carbocycles. The lowest BCUT2D eigenvalue weighted by Crippen LogP contribution is -2.32. The van der Waals surface area contributed by atoms with Gasteiger partial charge in [-0.15, -0.1) is 12.4 Å². The van der Waals surface area contributed by atoms with E-state index in [1.54, 1.807) is 19.1 Å². The number of nitrogens with one attached hydrogen (secondary N) is 1. The number of halogens is 1. The van der Waals surface area contributed by atoms with Crippen LogP contribution in [0.4, 0.5) is 5.69 Å². The van der Waals surface area contributed by atoms with E-state index < -0.39 is 6.04 Å². The summed E-state index contributed by atoms with van der Waals surface area (Å²) in [7, 11) is 0. The van der Waals surface area contributed by atoms with Crippen molar-refractivity contribution in [2.24, 2.45) is 5.73 Å². The minimum Gasteiger partial charge on any atom is -0.506 e. The van der Waals surface area contributed by atoms with E-state index in [9.17, 15) is 9.90 Å². The summed E-state index contributed by atoms with van der Waals surface area (Å²) in [6.07, 6.45) is 0.849. The maximum Gasteiger partial charge on any atom is 0.241 e. The van der Waals surface area contributed by atoms with Crippen molar-refractivity contribution < 1.29 is 9.90 Å². The van der Waals surface area contributed by atoms with E-state index in [1.165, 1.54) is 0 Å². The normalized spacial score (nSPS) is 11.4. The van der Waals surface area contributed by atoms with Crippen molar-refractivity contribution in [3.8, 4) is 5.75 Å². The number of anilines is 1. The van der Waals surface area contributed by atoms with Crippen LogP contribution in [-0.4, -0.2) is 17.1 Å². The van der Waals surface area contributed by atoms with Gasteiger partial charge in [-0.3, -0.25) is 4.79 Å². The van der Waals surface area contributed by atoms with E-state index >= 15 is 0 Å². The number of amides is 1. The fourth-order valence-electron chi connectivity index (χ4n) is 1.15. The van der Waals surface area contributed by atoms with Gasteiger partial charge in [0.2, 0.25) is 5.91 Å². The molecule has 4 nitrogen and oxygen atoms in total. The zero-order chi connectivity index (χ0) is 11.4. The smallest absolute Gasteiger partial charge is 0.241 e. The number of aryl methyl sites for hydroxylation is 1. The predicted octanol–water partition coefficient (Wildman–Crippen LogP) is 1.66. The lowest BCUT2D eigenvalue weighted by molar-refractivity contribution is -0.117. The zero-order valence-corrected chi connectivity index (χ0v) is 10.2. The summed E-state index contributed by atoms with van der Waals surface area (Å²) in [6, 6.07) is 4.54. The lowest BCUT2D eigenvalue weighted by Gasteiger charge is -2.10. The summed E-state index contributed by atoms with van der Waals surface area (Å²) < 4.78 is 0. The first-order valence-electron chi connectivity index (χ1n) is 4.93. The molecule has 0 aliphatic rings. The molecular formula is C11H17ClN2O2. The van der Waals surface area contributed by atoms with E-state index in [0.29, 0.717) is 5.69 Å². The number of hydrogen-bond donors (Lipinski definition) is 3. The third kappa shape index (κ3) is 3.72. The first-order valence-corrected chi connectivity index (χ1v) is 4.93. The Bertz CT molecular complexity index is 367. The molecule has 1 aromatic carbocycles. The third-order valence-electron chi connectivity index (χ3n) is 2.14. The number of nitrogens with two attached hydrogens (primary N) is 1. The Kier molecular flexibility index (Phi) is 5.85. The average Bonchev–Trinajstić information content (AvgIpc) is 2.21. The molecule has 1 atom stereocenters. The molecule has 4 N–H and O–H groups in total. The molecule has 5 heteroatoms. The fourth-order valence-corrected chi connectivity index (χ4v) is 1.15. The number of hydrogen-bond acceptors (Lipinski definition) is 3. The van der Waals surface area contributed by atoms with Gasteiger partial charge in [0.15, 0.2) is 0 Å². The predicted molar refractivity (Wildman–Crippen MR) is 67.0 cm³/mol. The Labute approximate surface area is 101 Å². The number of carbonyl (C=O) groups excluding carboxylic acids is 1.